The molecular weight excluding hydrogens is 429 g/mol. The second-order valence-electron chi connectivity index (χ2n) is 8.08. The smallest absolute Gasteiger partial charge is 0.237 e. The second-order valence-corrected chi connectivity index (χ2v) is 9.95. The van der Waals surface area contributed by atoms with E-state index < -0.39 is 33.8 Å². The van der Waals surface area contributed by atoms with E-state index in [9.17, 15) is 27.8 Å². The van der Waals surface area contributed by atoms with Crippen LogP contribution in [0.2, 0.25) is 0 Å². The van der Waals surface area contributed by atoms with Crippen molar-refractivity contribution in [3.8, 4) is 5.75 Å². The SMILES string of the molecule is C[C@@H](NS(=O)(=O)CC/C=C/CN1CC(=O)NC1O)c1ccc(F)c(OCC(C)(C)O)c1. The average molecular weight is 460 g/mol. The first-order chi connectivity index (χ1) is 14.4. The lowest BCUT2D eigenvalue weighted by Gasteiger charge is -2.20. The van der Waals surface area contributed by atoms with Gasteiger partial charge in [-0.2, -0.15) is 0 Å². The van der Waals surface area contributed by atoms with Crippen molar-refractivity contribution in [3.05, 3.63) is 41.7 Å². The average Bonchev–Trinajstić information content (AvgIpc) is 2.96. The number of carbonyl (C=O) groups is 1. The minimum atomic E-state index is -3.61. The van der Waals surface area contributed by atoms with E-state index in [1.807, 2.05) is 0 Å². The third kappa shape index (κ3) is 8.54. The predicted molar refractivity (Wildman–Crippen MR) is 113 cm³/mol. The molecule has 2 rings (SSSR count). The number of rotatable bonds is 11. The van der Waals surface area contributed by atoms with Crippen LogP contribution in [0.5, 0.6) is 5.75 Å². The van der Waals surface area contributed by atoms with Gasteiger partial charge in [0, 0.05) is 12.6 Å². The number of benzene rings is 1. The Labute approximate surface area is 181 Å². The molecule has 1 aliphatic heterocycles. The van der Waals surface area contributed by atoms with Gasteiger partial charge in [-0.1, -0.05) is 18.2 Å². The predicted octanol–water partition coefficient (Wildman–Crippen LogP) is 0.610. The molecular formula is C20H30FN3O6S. The number of allylic oxidation sites excluding steroid dienone is 1. The maximum atomic E-state index is 13.9. The molecule has 1 heterocycles. The van der Waals surface area contributed by atoms with Crippen molar-refractivity contribution in [2.75, 3.05) is 25.4 Å². The zero-order valence-electron chi connectivity index (χ0n) is 17.8. The maximum absolute atomic E-state index is 13.9. The number of sulfonamides is 1. The van der Waals surface area contributed by atoms with E-state index in [0.29, 0.717) is 12.1 Å². The van der Waals surface area contributed by atoms with Crippen LogP contribution in [0.3, 0.4) is 0 Å². The van der Waals surface area contributed by atoms with E-state index in [1.54, 1.807) is 19.1 Å². The Bertz CT molecular complexity index is 901. The summed E-state index contributed by atoms with van der Waals surface area (Å²) in [5.41, 5.74) is -0.617. The Kier molecular flexibility index (Phi) is 8.55. The van der Waals surface area contributed by atoms with Crippen molar-refractivity contribution >= 4 is 15.9 Å². The molecule has 0 spiro atoms. The van der Waals surface area contributed by atoms with E-state index >= 15 is 0 Å². The molecule has 2 atom stereocenters. The summed E-state index contributed by atoms with van der Waals surface area (Å²) < 4.78 is 46.5. The highest BCUT2D eigenvalue weighted by atomic mass is 32.2. The van der Waals surface area contributed by atoms with Gasteiger partial charge in [-0.05, 0) is 44.9 Å². The van der Waals surface area contributed by atoms with E-state index in [-0.39, 0.29) is 37.0 Å². The number of ether oxygens (including phenoxy) is 1. The second kappa shape index (κ2) is 10.5. The lowest BCUT2D eigenvalue weighted by Crippen LogP contribution is -2.35. The lowest BCUT2D eigenvalue weighted by atomic mass is 10.1. The first kappa shape index (κ1) is 25.2. The number of hydrogen-bond donors (Lipinski definition) is 4. The van der Waals surface area contributed by atoms with Crippen molar-refractivity contribution in [1.82, 2.24) is 14.9 Å². The van der Waals surface area contributed by atoms with Crippen LogP contribution in [0, 0.1) is 5.82 Å². The number of amides is 1. The molecule has 1 fully saturated rings. The fourth-order valence-electron chi connectivity index (χ4n) is 2.82. The van der Waals surface area contributed by atoms with Gasteiger partial charge in [-0.15, -0.1) is 0 Å². The van der Waals surface area contributed by atoms with Crippen LogP contribution in [-0.4, -0.2) is 66.8 Å². The highest BCUT2D eigenvalue weighted by Crippen LogP contribution is 2.24. The van der Waals surface area contributed by atoms with Crippen molar-refractivity contribution < 1.29 is 32.6 Å². The molecule has 31 heavy (non-hydrogen) atoms. The van der Waals surface area contributed by atoms with Crippen LogP contribution < -0.4 is 14.8 Å². The van der Waals surface area contributed by atoms with Gasteiger partial charge in [-0.25, -0.2) is 22.4 Å². The summed E-state index contributed by atoms with van der Waals surface area (Å²) in [7, 11) is -3.61. The summed E-state index contributed by atoms with van der Waals surface area (Å²) in [4.78, 5) is 12.7. The van der Waals surface area contributed by atoms with Gasteiger partial charge in [0.25, 0.3) is 0 Å². The lowest BCUT2D eigenvalue weighted by molar-refractivity contribution is -0.119. The third-order valence-electron chi connectivity index (χ3n) is 4.43. The maximum Gasteiger partial charge on any atom is 0.237 e. The van der Waals surface area contributed by atoms with Crippen LogP contribution in [-0.2, 0) is 14.8 Å². The molecule has 1 saturated heterocycles. The summed E-state index contributed by atoms with van der Waals surface area (Å²) in [6.45, 7) is 4.99. The molecule has 1 amide bonds. The summed E-state index contributed by atoms with van der Waals surface area (Å²) in [6, 6.07) is 3.45. The number of nitrogens with one attached hydrogen (secondary N) is 2. The van der Waals surface area contributed by atoms with Crippen molar-refractivity contribution in [3.63, 3.8) is 0 Å². The highest BCUT2D eigenvalue weighted by Gasteiger charge is 2.26. The molecule has 1 aliphatic rings. The van der Waals surface area contributed by atoms with Crippen LogP contribution in [0.1, 0.15) is 38.8 Å². The van der Waals surface area contributed by atoms with Gasteiger partial charge in [-0.3, -0.25) is 4.79 Å². The van der Waals surface area contributed by atoms with Gasteiger partial charge >= 0.3 is 0 Å². The fraction of sp³-hybridized carbons (Fsp3) is 0.550. The number of carbonyl (C=O) groups excluding carboxylic acids is 1. The van der Waals surface area contributed by atoms with Crippen molar-refractivity contribution in [1.29, 1.82) is 0 Å². The Balaban J connectivity index is 1.86. The fourth-order valence-corrected chi connectivity index (χ4v) is 4.06. The number of aliphatic hydroxyl groups excluding tert-OH is 1. The first-order valence-electron chi connectivity index (χ1n) is 9.87. The Morgan fingerprint density at radius 2 is 2.13 bits per heavy atom. The normalized spacial score (nSPS) is 19.0. The third-order valence-corrected chi connectivity index (χ3v) is 5.92. The molecule has 1 aromatic carbocycles. The number of hydrogen-bond acceptors (Lipinski definition) is 7. The molecule has 0 bridgehead atoms. The van der Waals surface area contributed by atoms with Crippen LogP contribution in [0.4, 0.5) is 4.39 Å². The Hall–Kier alpha value is -2.05. The largest absolute Gasteiger partial charge is 0.488 e. The van der Waals surface area contributed by atoms with E-state index in [2.05, 4.69) is 10.0 Å². The van der Waals surface area contributed by atoms with Crippen LogP contribution in [0.15, 0.2) is 30.4 Å². The molecule has 0 aromatic heterocycles. The van der Waals surface area contributed by atoms with Crippen LogP contribution in [0.25, 0.3) is 0 Å². The molecule has 1 aromatic rings. The van der Waals surface area contributed by atoms with E-state index in [0.717, 1.165) is 0 Å². The van der Waals surface area contributed by atoms with E-state index in [1.165, 1.54) is 36.9 Å². The van der Waals surface area contributed by atoms with Crippen LogP contribution >= 0.6 is 0 Å². The van der Waals surface area contributed by atoms with Gasteiger partial charge in [0.15, 0.2) is 17.9 Å². The first-order valence-corrected chi connectivity index (χ1v) is 11.5. The molecule has 9 nitrogen and oxygen atoms in total. The van der Waals surface area contributed by atoms with Crippen molar-refractivity contribution in [2.24, 2.45) is 0 Å². The zero-order valence-corrected chi connectivity index (χ0v) is 18.7. The van der Waals surface area contributed by atoms with Gasteiger partial charge in [0.05, 0.1) is 17.9 Å². The van der Waals surface area contributed by atoms with Gasteiger partial charge < -0.3 is 20.3 Å². The number of nitrogens with zero attached hydrogens (tertiary/aromatic N) is 1. The minimum Gasteiger partial charge on any atom is -0.488 e. The summed E-state index contributed by atoms with van der Waals surface area (Å²) >= 11 is 0. The van der Waals surface area contributed by atoms with Gasteiger partial charge in [0.2, 0.25) is 15.9 Å². The molecule has 0 aliphatic carbocycles. The Morgan fingerprint density at radius 1 is 1.42 bits per heavy atom. The molecule has 0 saturated carbocycles. The summed E-state index contributed by atoms with van der Waals surface area (Å²) in [6.07, 6.45) is 2.57. The standard InChI is InChI=1S/C20H30FN3O6S/c1-14(15-7-8-16(21)17(11-15)30-13-20(2,3)27)23-31(28,29)10-6-4-5-9-24-12-18(25)22-19(24)26/h4-5,7-8,11,14,19,23,26-27H,6,9-10,12-13H2,1-3H3,(H,22,25)/b5-4+/t14-,19?/m1/s1. The molecule has 1 unspecified atom stereocenters. The van der Waals surface area contributed by atoms with Gasteiger partial charge in [0.1, 0.15) is 6.61 Å². The summed E-state index contributed by atoms with van der Waals surface area (Å²) in [5, 5.41) is 21.7. The van der Waals surface area contributed by atoms with E-state index in [4.69, 9.17) is 4.74 Å². The monoisotopic (exact) mass is 459 g/mol. The quantitative estimate of drug-likeness (QED) is 0.357. The summed E-state index contributed by atoms with van der Waals surface area (Å²) in [5.74, 6) is -1.09. The molecule has 174 valence electrons. The van der Waals surface area contributed by atoms with Crippen molar-refractivity contribution in [2.45, 2.75) is 45.2 Å². The zero-order chi connectivity index (χ0) is 23.2. The minimum absolute atomic E-state index is 0.0642. The molecule has 11 heteroatoms. The number of aliphatic hydroxyl groups is 2. The highest BCUT2D eigenvalue weighted by molar-refractivity contribution is 7.89. The number of halogens is 1. The Morgan fingerprint density at radius 3 is 2.74 bits per heavy atom. The topological polar surface area (TPSA) is 128 Å². The molecule has 0 radical (unpaired) electrons. The molecule has 4 N–H and O–H groups in total.